The zero-order valence-corrected chi connectivity index (χ0v) is 13.5. The molecule has 1 unspecified atom stereocenters. The summed E-state index contributed by atoms with van der Waals surface area (Å²) in [5.74, 6) is 1.35. The molecule has 0 amide bonds. The third kappa shape index (κ3) is 2.67. The van der Waals surface area contributed by atoms with E-state index in [1.807, 2.05) is 6.92 Å². The van der Waals surface area contributed by atoms with Crippen molar-refractivity contribution >= 4 is 33.7 Å². The number of nitrogens with zero attached hydrogens (tertiary/aromatic N) is 2. The van der Waals surface area contributed by atoms with E-state index in [-0.39, 0.29) is 0 Å². The SMILES string of the molecule is Cc1nc(-c2c(N)nsc2NC(C)C2CCCC2)cs1. The minimum Gasteiger partial charge on any atom is -0.382 e. The van der Waals surface area contributed by atoms with Crippen molar-refractivity contribution in [1.82, 2.24) is 9.36 Å². The number of hydrogen-bond donors (Lipinski definition) is 2. The number of nitrogen functional groups attached to an aromatic ring is 1. The number of hydrogen-bond acceptors (Lipinski definition) is 6. The molecule has 1 saturated carbocycles. The summed E-state index contributed by atoms with van der Waals surface area (Å²) >= 11 is 3.09. The molecule has 1 aliphatic rings. The van der Waals surface area contributed by atoms with Gasteiger partial charge in [-0.1, -0.05) is 12.8 Å². The molecule has 3 N–H and O–H groups in total. The molecule has 2 aromatic heterocycles. The van der Waals surface area contributed by atoms with Crippen LogP contribution in [0, 0.1) is 12.8 Å². The second-order valence-electron chi connectivity index (χ2n) is 5.50. The van der Waals surface area contributed by atoms with Crippen LogP contribution in [-0.2, 0) is 0 Å². The third-order valence-electron chi connectivity index (χ3n) is 4.06. The van der Waals surface area contributed by atoms with Crippen molar-refractivity contribution in [2.45, 2.75) is 45.6 Å². The Morgan fingerprint density at radius 2 is 2.15 bits per heavy atom. The van der Waals surface area contributed by atoms with Crippen molar-refractivity contribution in [3.8, 4) is 11.3 Å². The number of aryl methyl sites for hydroxylation is 1. The van der Waals surface area contributed by atoms with Gasteiger partial charge < -0.3 is 11.1 Å². The molecule has 6 heteroatoms. The van der Waals surface area contributed by atoms with Crippen molar-refractivity contribution in [1.29, 1.82) is 0 Å². The van der Waals surface area contributed by atoms with E-state index >= 15 is 0 Å². The van der Waals surface area contributed by atoms with Gasteiger partial charge in [0.2, 0.25) is 0 Å². The fourth-order valence-electron chi connectivity index (χ4n) is 2.91. The first-order valence-electron chi connectivity index (χ1n) is 7.09. The van der Waals surface area contributed by atoms with Gasteiger partial charge in [0.15, 0.2) is 0 Å². The van der Waals surface area contributed by atoms with Gasteiger partial charge in [-0.2, -0.15) is 4.37 Å². The van der Waals surface area contributed by atoms with Gasteiger partial charge in [-0.15, -0.1) is 11.3 Å². The molecule has 0 saturated heterocycles. The number of aromatic nitrogens is 2. The molecular weight excluding hydrogens is 288 g/mol. The Hall–Kier alpha value is -1.14. The van der Waals surface area contributed by atoms with Gasteiger partial charge in [-0.05, 0) is 44.1 Å². The van der Waals surface area contributed by atoms with Crippen molar-refractivity contribution in [3.63, 3.8) is 0 Å². The van der Waals surface area contributed by atoms with Gasteiger partial charge in [0, 0.05) is 11.4 Å². The Balaban J connectivity index is 1.83. The Morgan fingerprint density at radius 3 is 2.80 bits per heavy atom. The number of anilines is 2. The van der Waals surface area contributed by atoms with Gasteiger partial charge in [0.1, 0.15) is 10.8 Å². The molecule has 0 bridgehead atoms. The molecule has 2 aromatic rings. The van der Waals surface area contributed by atoms with E-state index < -0.39 is 0 Å². The second-order valence-corrected chi connectivity index (χ2v) is 7.34. The van der Waals surface area contributed by atoms with E-state index in [4.69, 9.17) is 5.73 Å². The number of rotatable bonds is 4. The summed E-state index contributed by atoms with van der Waals surface area (Å²) in [5, 5.41) is 7.80. The molecule has 4 nitrogen and oxygen atoms in total. The minimum atomic E-state index is 0.468. The van der Waals surface area contributed by atoms with Gasteiger partial charge >= 0.3 is 0 Å². The largest absolute Gasteiger partial charge is 0.382 e. The second kappa shape index (κ2) is 5.69. The summed E-state index contributed by atoms with van der Waals surface area (Å²) in [5.41, 5.74) is 7.96. The van der Waals surface area contributed by atoms with Crippen molar-refractivity contribution in [2.24, 2.45) is 5.92 Å². The van der Waals surface area contributed by atoms with Gasteiger partial charge in [0.25, 0.3) is 0 Å². The van der Waals surface area contributed by atoms with E-state index in [9.17, 15) is 0 Å². The van der Waals surface area contributed by atoms with Crippen molar-refractivity contribution < 1.29 is 0 Å². The summed E-state index contributed by atoms with van der Waals surface area (Å²) in [4.78, 5) is 4.54. The fourth-order valence-corrected chi connectivity index (χ4v) is 4.33. The minimum absolute atomic E-state index is 0.468. The van der Waals surface area contributed by atoms with E-state index in [1.165, 1.54) is 37.2 Å². The first kappa shape index (κ1) is 13.8. The monoisotopic (exact) mass is 308 g/mol. The van der Waals surface area contributed by atoms with E-state index in [0.29, 0.717) is 11.9 Å². The van der Waals surface area contributed by atoms with Crippen LogP contribution in [0.15, 0.2) is 5.38 Å². The third-order valence-corrected chi connectivity index (χ3v) is 5.63. The van der Waals surface area contributed by atoms with E-state index in [1.54, 1.807) is 11.3 Å². The first-order chi connectivity index (χ1) is 9.65. The van der Waals surface area contributed by atoms with Crippen LogP contribution in [0.4, 0.5) is 10.8 Å². The first-order valence-corrected chi connectivity index (χ1v) is 8.74. The predicted molar refractivity (Wildman–Crippen MR) is 87.4 cm³/mol. The molecule has 1 fully saturated rings. The van der Waals surface area contributed by atoms with Crippen LogP contribution in [0.3, 0.4) is 0 Å². The zero-order valence-electron chi connectivity index (χ0n) is 11.8. The van der Waals surface area contributed by atoms with Gasteiger partial charge in [-0.25, -0.2) is 4.98 Å². The van der Waals surface area contributed by atoms with Crippen LogP contribution in [-0.4, -0.2) is 15.4 Å². The van der Waals surface area contributed by atoms with Crippen molar-refractivity contribution in [2.75, 3.05) is 11.1 Å². The van der Waals surface area contributed by atoms with Crippen molar-refractivity contribution in [3.05, 3.63) is 10.4 Å². The van der Waals surface area contributed by atoms with Crippen LogP contribution in [0.1, 0.15) is 37.6 Å². The summed E-state index contributed by atoms with van der Waals surface area (Å²) < 4.78 is 4.30. The molecular formula is C14H20N4S2. The fraction of sp³-hybridized carbons (Fsp3) is 0.571. The lowest BCUT2D eigenvalue weighted by Gasteiger charge is -2.20. The molecule has 2 heterocycles. The Labute approximate surface area is 127 Å². The maximum Gasteiger partial charge on any atom is 0.148 e. The molecule has 1 aliphatic carbocycles. The summed E-state index contributed by atoms with van der Waals surface area (Å²) in [6, 6.07) is 0.468. The number of thiazole rings is 1. The topological polar surface area (TPSA) is 63.8 Å². The highest BCUT2D eigenvalue weighted by molar-refractivity contribution is 7.11. The zero-order chi connectivity index (χ0) is 14.1. The van der Waals surface area contributed by atoms with Gasteiger partial charge in [0.05, 0.1) is 16.3 Å². The quantitative estimate of drug-likeness (QED) is 0.890. The molecule has 20 heavy (non-hydrogen) atoms. The molecule has 0 spiro atoms. The van der Waals surface area contributed by atoms with Crippen LogP contribution in [0.25, 0.3) is 11.3 Å². The maximum absolute atomic E-state index is 6.04. The standard InChI is InChI=1S/C14H20N4S2/c1-8(10-5-3-4-6-10)16-14-12(13(15)18-20-14)11-7-19-9(2)17-11/h7-8,10,16H,3-6H2,1-2H3,(H2,15,18). The summed E-state index contributed by atoms with van der Waals surface area (Å²) in [6.07, 6.45) is 5.38. The average molecular weight is 308 g/mol. The lowest BCUT2D eigenvalue weighted by Crippen LogP contribution is -2.23. The molecule has 108 valence electrons. The van der Waals surface area contributed by atoms with Gasteiger partial charge in [-0.3, -0.25) is 0 Å². The molecule has 0 radical (unpaired) electrons. The normalized spacial score (nSPS) is 17.5. The highest BCUT2D eigenvalue weighted by atomic mass is 32.1. The highest BCUT2D eigenvalue weighted by Crippen LogP contribution is 2.39. The summed E-state index contributed by atoms with van der Waals surface area (Å²) in [7, 11) is 0. The van der Waals surface area contributed by atoms with Crippen LogP contribution in [0.5, 0.6) is 0 Å². The lowest BCUT2D eigenvalue weighted by atomic mass is 10.00. The molecule has 0 aliphatic heterocycles. The Kier molecular flexibility index (Phi) is 3.94. The Morgan fingerprint density at radius 1 is 1.40 bits per heavy atom. The van der Waals surface area contributed by atoms with Crippen LogP contribution < -0.4 is 11.1 Å². The molecule has 3 rings (SSSR count). The van der Waals surface area contributed by atoms with E-state index in [0.717, 1.165) is 27.2 Å². The summed E-state index contributed by atoms with van der Waals surface area (Å²) in [6.45, 7) is 4.28. The molecule has 0 aromatic carbocycles. The van der Waals surface area contributed by atoms with Crippen LogP contribution >= 0.6 is 22.9 Å². The Bertz CT molecular complexity index is 584. The predicted octanol–water partition coefficient (Wildman–Crippen LogP) is 4.15. The number of nitrogens with two attached hydrogens (primary N) is 1. The highest BCUT2D eigenvalue weighted by Gasteiger charge is 2.24. The average Bonchev–Trinajstić information content (AvgIpc) is 3.11. The van der Waals surface area contributed by atoms with E-state index in [2.05, 4.69) is 27.0 Å². The maximum atomic E-state index is 6.04. The van der Waals surface area contributed by atoms with Crippen LogP contribution in [0.2, 0.25) is 0 Å². The number of nitrogens with one attached hydrogen (secondary N) is 1. The smallest absolute Gasteiger partial charge is 0.148 e. The lowest BCUT2D eigenvalue weighted by molar-refractivity contribution is 0.483. The molecule has 1 atom stereocenters.